The molecule has 0 aromatic heterocycles. The Morgan fingerprint density at radius 1 is 0.679 bits per heavy atom. The fraction of sp³-hybridized carbons (Fsp3) is 0.0870. The molecule has 5 heteroatoms. The molecule has 0 saturated heterocycles. The molecule has 4 aromatic rings. The molecule has 0 aliphatic rings. The molecule has 0 unspecified atom stereocenters. The van der Waals surface area contributed by atoms with Crippen LogP contribution in [-0.2, 0) is 0 Å². The van der Waals surface area contributed by atoms with Crippen molar-refractivity contribution in [3.8, 4) is 11.5 Å². The van der Waals surface area contributed by atoms with Crippen LogP contribution in [0.15, 0.2) is 72.8 Å². The number of hydrogen-bond donors (Lipinski definition) is 2. The Morgan fingerprint density at radius 2 is 1.14 bits per heavy atom. The third kappa shape index (κ3) is 3.42. The van der Waals surface area contributed by atoms with Gasteiger partial charge >= 0.3 is 6.03 Å². The summed E-state index contributed by atoms with van der Waals surface area (Å²) in [6.45, 7) is 0. The lowest BCUT2D eigenvalue weighted by atomic mass is 10.1. The maximum absolute atomic E-state index is 12.7. The summed E-state index contributed by atoms with van der Waals surface area (Å²) in [5, 5.41) is 9.75. The summed E-state index contributed by atoms with van der Waals surface area (Å²) < 4.78 is 10.6. The molecule has 0 aliphatic carbocycles. The largest absolute Gasteiger partial charge is 0.497 e. The van der Waals surface area contributed by atoms with Gasteiger partial charge < -0.3 is 20.1 Å². The van der Waals surface area contributed by atoms with Gasteiger partial charge in [0.05, 0.1) is 25.6 Å². The number of benzene rings is 4. The van der Waals surface area contributed by atoms with Crippen LogP contribution in [0.5, 0.6) is 11.5 Å². The molecule has 0 atom stereocenters. The molecule has 0 spiro atoms. The van der Waals surface area contributed by atoms with E-state index in [-0.39, 0.29) is 6.03 Å². The van der Waals surface area contributed by atoms with Gasteiger partial charge in [0, 0.05) is 10.8 Å². The molecule has 2 amide bonds. The van der Waals surface area contributed by atoms with Crippen LogP contribution in [0.2, 0.25) is 0 Å². The zero-order chi connectivity index (χ0) is 19.5. The van der Waals surface area contributed by atoms with Crippen LogP contribution in [0.25, 0.3) is 21.5 Å². The smallest absolute Gasteiger partial charge is 0.323 e. The van der Waals surface area contributed by atoms with E-state index < -0.39 is 0 Å². The highest BCUT2D eigenvalue weighted by Crippen LogP contribution is 2.29. The molecular formula is C23H20N2O3. The average molecular weight is 372 g/mol. The number of ether oxygens (including phenoxy) is 2. The Kier molecular flexibility index (Phi) is 4.72. The predicted octanol–water partition coefficient (Wildman–Crippen LogP) is 5.65. The van der Waals surface area contributed by atoms with E-state index >= 15 is 0 Å². The van der Waals surface area contributed by atoms with E-state index in [1.54, 1.807) is 14.2 Å². The van der Waals surface area contributed by atoms with Crippen molar-refractivity contribution in [1.82, 2.24) is 0 Å². The average Bonchev–Trinajstić information content (AvgIpc) is 2.73. The highest BCUT2D eigenvalue weighted by molar-refractivity contribution is 6.09. The predicted molar refractivity (Wildman–Crippen MR) is 114 cm³/mol. The number of fused-ring (bicyclic) bond motifs is 2. The third-order valence-electron chi connectivity index (χ3n) is 4.68. The van der Waals surface area contributed by atoms with Gasteiger partial charge in [0.1, 0.15) is 11.5 Å². The molecule has 0 fully saturated rings. The minimum absolute atomic E-state index is 0.314. The van der Waals surface area contributed by atoms with Gasteiger partial charge in [-0.3, -0.25) is 0 Å². The summed E-state index contributed by atoms with van der Waals surface area (Å²) in [5.74, 6) is 1.48. The van der Waals surface area contributed by atoms with Crippen LogP contribution in [0.1, 0.15) is 0 Å². The Morgan fingerprint density at radius 3 is 1.57 bits per heavy atom. The van der Waals surface area contributed by atoms with Crippen molar-refractivity contribution in [3.05, 3.63) is 72.8 Å². The maximum atomic E-state index is 12.7. The molecule has 4 aromatic carbocycles. The molecule has 4 rings (SSSR count). The summed E-state index contributed by atoms with van der Waals surface area (Å²) in [6, 6.07) is 22.8. The van der Waals surface area contributed by atoms with Gasteiger partial charge in [-0.25, -0.2) is 4.79 Å². The van der Waals surface area contributed by atoms with Crippen molar-refractivity contribution in [2.24, 2.45) is 0 Å². The lowest BCUT2D eigenvalue weighted by molar-refractivity contribution is 0.262. The summed E-state index contributed by atoms with van der Waals surface area (Å²) in [6.07, 6.45) is 0. The minimum atomic E-state index is -0.314. The Bertz CT molecular complexity index is 1080. The molecule has 28 heavy (non-hydrogen) atoms. The number of carbonyl (C=O) groups excluding carboxylic acids is 1. The van der Waals surface area contributed by atoms with Crippen LogP contribution in [0.3, 0.4) is 0 Å². The fourth-order valence-corrected chi connectivity index (χ4v) is 3.25. The van der Waals surface area contributed by atoms with Crippen molar-refractivity contribution in [1.29, 1.82) is 0 Å². The Labute approximate surface area is 162 Å². The normalized spacial score (nSPS) is 10.6. The molecular weight excluding hydrogens is 352 g/mol. The van der Waals surface area contributed by atoms with Gasteiger partial charge in [-0.05, 0) is 47.2 Å². The number of nitrogens with one attached hydrogen (secondary N) is 2. The van der Waals surface area contributed by atoms with Gasteiger partial charge in [-0.15, -0.1) is 0 Å². The van der Waals surface area contributed by atoms with E-state index in [0.29, 0.717) is 11.4 Å². The molecule has 140 valence electrons. The molecule has 0 radical (unpaired) electrons. The quantitative estimate of drug-likeness (QED) is 0.486. The number of methoxy groups -OCH3 is 2. The van der Waals surface area contributed by atoms with E-state index in [2.05, 4.69) is 10.6 Å². The number of rotatable bonds is 4. The maximum Gasteiger partial charge on any atom is 0.323 e. The van der Waals surface area contributed by atoms with Crippen molar-refractivity contribution in [3.63, 3.8) is 0 Å². The molecule has 0 saturated carbocycles. The van der Waals surface area contributed by atoms with Crippen molar-refractivity contribution >= 4 is 39.0 Å². The first-order chi connectivity index (χ1) is 13.7. The zero-order valence-corrected chi connectivity index (χ0v) is 15.7. The summed E-state index contributed by atoms with van der Waals surface area (Å²) in [4.78, 5) is 12.7. The van der Waals surface area contributed by atoms with E-state index in [1.807, 2.05) is 72.8 Å². The van der Waals surface area contributed by atoms with Gasteiger partial charge in [-0.2, -0.15) is 0 Å². The van der Waals surface area contributed by atoms with Gasteiger partial charge in [-0.1, -0.05) is 36.4 Å². The molecule has 0 bridgehead atoms. The third-order valence-corrected chi connectivity index (χ3v) is 4.68. The van der Waals surface area contributed by atoms with Gasteiger partial charge in [0.25, 0.3) is 0 Å². The van der Waals surface area contributed by atoms with Crippen LogP contribution in [0.4, 0.5) is 16.2 Å². The zero-order valence-electron chi connectivity index (χ0n) is 15.7. The molecule has 0 aliphatic heterocycles. The van der Waals surface area contributed by atoms with Gasteiger partial charge in [0.2, 0.25) is 0 Å². The van der Waals surface area contributed by atoms with E-state index in [9.17, 15) is 4.79 Å². The van der Waals surface area contributed by atoms with Crippen LogP contribution >= 0.6 is 0 Å². The first-order valence-electron chi connectivity index (χ1n) is 8.89. The van der Waals surface area contributed by atoms with E-state index in [0.717, 1.165) is 33.0 Å². The first kappa shape index (κ1) is 17.7. The first-order valence-corrected chi connectivity index (χ1v) is 8.89. The summed E-state index contributed by atoms with van der Waals surface area (Å²) in [7, 11) is 3.25. The fourth-order valence-electron chi connectivity index (χ4n) is 3.25. The highest BCUT2D eigenvalue weighted by Gasteiger charge is 2.09. The topological polar surface area (TPSA) is 59.6 Å². The summed E-state index contributed by atoms with van der Waals surface area (Å²) >= 11 is 0. The van der Waals surface area contributed by atoms with Crippen LogP contribution < -0.4 is 20.1 Å². The Balaban J connectivity index is 1.64. The highest BCUT2D eigenvalue weighted by atomic mass is 16.5. The SMILES string of the molecule is COc1ccc2cccc(NC(=O)Nc3cccc4ccc(OC)cc34)c2c1. The van der Waals surface area contributed by atoms with Crippen molar-refractivity contribution in [2.75, 3.05) is 24.9 Å². The van der Waals surface area contributed by atoms with Crippen LogP contribution in [-0.4, -0.2) is 20.3 Å². The number of amides is 2. The van der Waals surface area contributed by atoms with E-state index in [1.165, 1.54) is 0 Å². The lowest BCUT2D eigenvalue weighted by Crippen LogP contribution is -2.19. The number of anilines is 2. The van der Waals surface area contributed by atoms with Crippen LogP contribution in [0, 0.1) is 0 Å². The second kappa shape index (κ2) is 7.48. The number of carbonyl (C=O) groups is 1. The van der Waals surface area contributed by atoms with E-state index in [4.69, 9.17) is 9.47 Å². The second-order valence-electron chi connectivity index (χ2n) is 6.36. The molecule has 5 nitrogen and oxygen atoms in total. The monoisotopic (exact) mass is 372 g/mol. The Hall–Kier alpha value is -3.73. The standard InChI is InChI=1S/C23H20N2O3/c1-27-17-11-9-15-5-3-7-21(19(15)13-17)24-23(26)25-22-8-4-6-16-10-12-18(28-2)14-20(16)22/h3-14H,1-2H3,(H2,24,25,26). The molecule has 0 heterocycles. The second-order valence-corrected chi connectivity index (χ2v) is 6.36. The van der Waals surface area contributed by atoms with Gasteiger partial charge in [0.15, 0.2) is 0 Å². The summed E-state index contributed by atoms with van der Waals surface area (Å²) in [5.41, 5.74) is 1.43. The lowest BCUT2D eigenvalue weighted by Gasteiger charge is -2.13. The molecule has 2 N–H and O–H groups in total. The number of urea groups is 1. The van der Waals surface area contributed by atoms with Crippen molar-refractivity contribution < 1.29 is 14.3 Å². The minimum Gasteiger partial charge on any atom is -0.497 e. The number of hydrogen-bond acceptors (Lipinski definition) is 3. The van der Waals surface area contributed by atoms with Crippen molar-refractivity contribution in [2.45, 2.75) is 0 Å².